The molecule has 0 aromatic carbocycles. The lowest BCUT2D eigenvalue weighted by atomic mass is 9.47. The Morgan fingerprint density at radius 3 is 2.67 bits per heavy atom. The normalized spacial score (nSPS) is 49.1. The van der Waals surface area contributed by atoms with Gasteiger partial charge in [-0.3, -0.25) is 0 Å². The third-order valence-electron chi connectivity index (χ3n) is 9.24. The van der Waals surface area contributed by atoms with E-state index in [2.05, 4.69) is 6.92 Å². The Hall–Kier alpha value is -1.13. The summed E-state index contributed by atoms with van der Waals surface area (Å²) in [6.07, 6.45) is 10.9. The fourth-order valence-electron chi connectivity index (χ4n) is 7.91. The maximum absolute atomic E-state index is 12.1. The summed E-state index contributed by atoms with van der Waals surface area (Å²) in [5.41, 5.74) is 0.00646. The molecule has 5 rings (SSSR count). The van der Waals surface area contributed by atoms with Crippen molar-refractivity contribution in [1.82, 2.24) is 0 Å². The van der Waals surface area contributed by atoms with Crippen LogP contribution in [0.2, 0.25) is 0 Å². The number of fused-ring (bicyclic) bond motifs is 5. The maximum Gasteiger partial charge on any atom is 0.335 e. The Labute approximate surface area is 161 Å². The SMILES string of the molecule is C[C@]12CC[C@@H]3[C@H]4CC[C@H](O)C[C@H]4CC[C@H]3[C@@]1(O)CC[C@@H]2c1ccc(=O)oc1. The van der Waals surface area contributed by atoms with Gasteiger partial charge in [-0.25, -0.2) is 4.79 Å². The molecule has 0 amide bonds. The molecule has 0 spiro atoms. The van der Waals surface area contributed by atoms with Gasteiger partial charge in [-0.1, -0.05) is 6.92 Å². The lowest BCUT2D eigenvalue weighted by Crippen LogP contribution is -2.59. The van der Waals surface area contributed by atoms with Gasteiger partial charge in [0.25, 0.3) is 0 Å². The average molecular weight is 373 g/mol. The van der Waals surface area contributed by atoms with E-state index in [-0.39, 0.29) is 23.1 Å². The van der Waals surface area contributed by atoms with Crippen molar-refractivity contribution in [2.45, 2.75) is 82.3 Å². The molecule has 27 heavy (non-hydrogen) atoms. The number of aliphatic hydroxyl groups is 2. The summed E-state index contributed by atoms with van der Waals surface area (Å²) in [6.45, 7) is 2.28. The minimum atomic E-state index is -0.613. The summed E-state index contributed by atoms with van der Waals surface area (Å²) in [7, 11) is 0. The molecule has 0 bridgehead atoms. The lowest BCUT2D eigenvalue weighted by molar-refractivity contribution is -0.183. The number of hydrogen-bond donors (Lipinski definition) is 2. The topological polar surface area (TPSA) is 70.7 Å². The van der Waals surface area contributed by atoms with Gasteiger partial charge in [0, 0.05) is 11.5 Å². The molecule has 4 aliphatic carbocycles. The molecule has 0 aliphatic heterocycles. The highest BCUT2D eigenvalue weighted by Crippen LogP contribution is 2.68. The van der Waals surface area contributed by atoms with Crippen LogP contribution < -0.4 is 5.63 Å². The molecule has 2 N–H and O–H groups in total. The quantitative estimate of drug-likeness (QED) is 0.785. The average Bonchev–Trinajstić information content (AvgIpc) is 2.94. The molecule has 4 aliphatic rings. The van der Waals surface area contributed by atoms with E-state index in [0.29, 0.717) is 23.7 Å². The first-order valence-electron chi connectivity index (χ1n) is 10.9. The first kappa shape index (κ1) is 17.9. The maximum atomic E-state index is 12.1. The standard InChI is InChI=1S/C23H32O4/c1-22-10-8-18-17-5-4-16(24)12-14(17)2-6-20(18)23(22,26)11-9-19(22)15-3-7-21(25)27-13-15/h3,7,13-14,16-20,24,26H,2,4-6,8-12H2,1H3/t14-,16+,17+,18-,19-,20-,22-,23+/m1/s1. The molecule has 0 unspecified atom stereocenters. The third kappa shape index (κ3) is 2.52. The molecule has 4 fully saturated rings. The zero-order valence-corrected chi connectivity index (χ0v) is 16.3. The largest absolute Gasteiger partial charge is 0.431 e. The highest BCUT2D eigenvalue weighted by atomic mass is 16.4. The monoisotopic (exact) mass is 372 g/mol. The van der Waals surface area contributed by atoms with Gasteiger partial charge < -0.3 is 14.6 Å². The molecule has 8 atom stereocenters. The van der Waals surface area contributed by atoms with E-state index in [4.69, 9.17) is 4.42 Å². The van der Waals surface area contributed by atoms with Crippen LogP contribution in [-0.4, -0.2) is 21.9 Å². The fraction of sp³-hybridized carbons (Fsp3) is 0.783. The fourth-order valence-corrected chi connectivity index (χ4v) is 7.91. The molecule has 4 saturated carbocycles. The van der Waals surface area contributed by atoms with Gasteiger partial charge in [0.2, 0.25) is 0 Å². The molecule has 1 aromatic rings. The van der Waals surface area contributed by atoms with Gasteiger partial charge in [-0.15, -0.1) is 0 Å². The molecule has 0 radical (unpaired) electrons. The zero-order valence-electron chi connectivity index (χ0n) is 16.3. The smallest absolute Gasteiger partial charge is 0.335 e. The molecule has 1 heterocycles. The van der Waals surface area contributed by atoms with Crippen molar-refractivity contribution in [3.8, 4) is 0 Å². The summed E-state index contributed by atoms with van der Waals surface area (Å²) in [4.78, 5) is 11.4. The minimum absolute atomic E-state index is 0.108. The first-order chi connectivity index (χ1) is 12.9. The van der Waals surface area contributed by atoms with Crippen LogP contribution in [0.5, 0.6) is 0 Å². The van der Waals surface area contributed by atoms with Crippen molar-refractivity contribution in [3.63, 3.8) is 0 Å². The van der Waals surface area contributed by atoms with Crippen molar-refractivity contribution in [2.75, 3.05) is 0 Å². The second kappa shape index (κ2) is 6.18. The van der Waals surface area contributed by atoms with Crippen LogP contribution in [0.1, 0.15) is 76.2 Å². The molecular weight excluding hydrogens is 340 g/mol. The predicted molar refractivity (Wildman–Crippen MR) is 102 cm³/mol. The van der Waals surface area contributed by atoms with Crippen LogP contribution in [0.15, 0.2) is 27.6 Å². The van der Waals surface area contributed by atoms with Crippen LogP contribution in [0.3, 0.4) is 0 Å². The van der Waals surface area contributed by atoms with Crippen molar-refractivity contribution >= 4 is 0 Å². The summed E-state index contributed by atoms with van der Waals surface area (Å²) in [6, 6.07) is 3.42. The number of aliphatic hydroxyl groups excluding tert-OH is 1. The van der Waals surface area contributed by atoms with Crippen LogP contribution in [0.25, 0.3) is 0 Å². The van der Waals surface area contributed by atoms with Gasteiger partial charge in [-0.2, -0.15) is 0 Å². The molecule has 148 valence electrons. The van der Waals surface area contributed by atoms with E-state index in [1.165, 1.54) is 12.5 Å². The van der Waals surface area contributed by atoms with E-state index in [9.17, 15) is 15.0 Å². The van der Waals surface area contributed by atoms with Crippen LogP contribution in [0, 0.1) is 29.1 Å². The van der Waals surface area contributed by atoms with Crippen molar-refractivity contribution in [3.05, 3.63) is 34.4 Å². The molecule has 4 nitrogen and oxygen atoms in total. The first-order valence-corrected chi connectivity index (χ1v) is 10.9. The van der Waals surface area contributed by atoms with E-state index >= 15 is 0 Å². The van der Waals surface area contributed by atoms with E-state index in [1.54, 1.807) is 6.26 Å². The zero-order chi connectivity index (χ0) is 18.8. The summed E-state index contributed by atoms with van der Waals surface area (Å²) in [5.74, 6) is 2.60. The second-order valence-electron chi connectivity index (χ2n) is 10.1. The van der Waals surface area contributed by atoms with Crippen LogP contribution >= 0.6 is 0 Å². The second-order valence-corrected chi connectivity index (χ2v) is 10.1. The van der Waals surface area contributed by atoms with Crippen molar-refractivity contribution in [1.29, 1.82) is 0 Å². The highest BCUT2D eigenvalue weighted by molar-refractivity contribution is 5.26. The Morgan fingerprint density at radius 2 is 1.89 bits per heavy atom. The minimum Gasteiger partial charge on any atom is -0.431 e. The van der Waals surface area contributed by atoms with Gasteiger partial charge in [0.1, 0.15) is 0 Å². The highest BCUT2D eigenvalue weighted by Gasteiger charge is 2.65. The van der Waals surface area contributed by atoms with Gasteiger partial charge in [0.05, 0.1) is 18.0 Å². The van der Waals surface area contributed by atoms with Gasteiger partial charge in [-0.05, 0) is 99.0 Å². The van der Waals surface area contributed by atoms with E-state index in [0.717, 1.165) is 56.9 Å². The Morgan fingerprint density at radius 1 is 1.04 bits per heavy atom. The molecule has 4 heteroatoms. The summed E-state index contributed by atoms with van der Waals surface area (Å²) in [5, 5.41) is 22.1. The van der Waals surface area contributed by atoms with Crippen LogP contribution in [0.4, 0.5) is 0 Å². The Kier molecular flexibility index (Phi) is 4.11. The predicted octanol–water partition coefficient (Wildman–Crippen LogP) is 3.85. The van der Waals surface area contributed by atoms with Crippen molar-refractivity contribution in [2.24, 2.45) is 29.1 Å². The molecule has 0 saturated heterocycles. The molecular formula is C23H32O4. The Bertz CT molecular complexity index is 751. The van der Waals surface area contributed by atoms with Crippen LogP contribution in [-0.2, 0) is 0 Å². The lowest BCUT2D eigenvalue weighted by Gasteiger charge is -2.60. The third-order valence-corrected chi connectivity index (χ3v) is 9.24. The van der Waals surface area contributed by atoms with Gasteiger partial charge >= 0.3 is 5.63 Å². The van der Waals surface area contributed by atoms with Gasteiger partial charge in [0.15, 0.2) is 0 Å². The number of hydrogen-bond acceptors (Lipinski definition) is 4. The van der Waals surface area contributed by atoms with E-state index < -0.39 is 5.60 Å². The summed E-state index contributed by atoms with van der Waals surface area (Å²) >= 11 is 0. The number of rotatable bonds is 1. The van der Waals surface area contributed by atoms with E-state index in [1.807, 2.05) is 6.07 Å². The Balaban J connectivity index is 1.45. The summed E-state index contributed by atoms with van der Waals surface area (Å²) < 4.78 is 5.15. The molecule has 1 aromatic heterocycles. The van der Waals surface area contributed by atoms with Crippen molar-refractivity contribution < 1.29 is 14.6 Å².